The van der Waals surface area contributed by atoms with E-state index in [1.807, 2.05) is 36.4 Å². The maximum absolute atomic E-state index is 12.6. The van der Waals surface area contributed by atoms with Gasteiger partial charge < -0.3 is 14.8 Å². The molecule has 0 saturated carbocycles. The van der Waals surface area contributed by atoms with Crippen LogP contribution < -0.4 is 14.8 Å². The Balaban J connectivity index is 1.83. The van der Waals surface area contributed by atoms with Gasteiger partial charge in [-0.15, -0.1) is 0 Å². The molecule has 0 fully saturated rings. The molecule has 156 valence electrons. The average Bonchev–Trinajstić information content (AvgIpc) is 2.79. The molecule has 0 radical (unpaired) electrons. The second kappa shape index (κ2) is 10.5. The monoisotopic (exact) mass is 452 g/mol. The first-order valence-corrected chi connectivity index (χ1v) is 9.99. The fraction of sp³-hybridized carbons (Fsp3) is 0.0833. The first kappa shape index (κ1) is 22.2. The number of nitriles is 1. The van der Waals surface area contributed by atoms with Gasteiger partial charge in [0.25, 0.3) is 5.91 Å². The van der Waals surface area contributed by atoms with Crippen LogP contribution in [0.25, 0.3) is 6.08 Å². The number of amides is 1. The zero-order chi connectivity index (χ0) is 22.2. The first-order chi connectivity index (χ1) is 15.0. The number of benzene rings is 3. The molecule has 7 heteroatoms. The van der Waals surface area contributed by atoms with Crippen molar-refractivity contribution >= 4 is 40.9 Å². The van der Waals surface area contributed by atoms with Gasteiger partial charge in [-0.2, -0.15) is 5.26 Å². The number of para-hydroxylation sites is 1. The summed E-state index contributed by atoms with van der Waals surface area (Å²) in [6, 6.07) is 21.6. The molecule has 1 amide bonds. The molecule has 3 aromatic carbocycles. The Kier molecular flexibility index (Phi) is 7.55. The van der Waals surface area contributed by atoms with Crippen molar-refractivity contribution in [2.24, 2.45) is 0 Å². The van der Waals surface area contributed by atoms with Crippen molar-refractivity contribution in [2.45, 2.75) is 6.61 Å². The van der Waals surface area contributed by atoms with Gasteiger partial charge in [0, 0.05) is 0 Å². The molecule has 3 aromatic rings. The van der Waals surface area contributed by atoms with Gasteiger partial charge in [-0.25, -0.2) is 0 Å². The van der Waals surface area contributed by atoms with Crippen molar-refractivity contribution in [3.8, 4) is 17.6 Å². The minimum Gasteiger partial charge on any atom is -0.493 e. The molecule has 0 aliphatic rings. The molecule has 5 nitrogen and oxygen atoms in total. The van der Waals surface area contributed by atoms with Gasteiger partial charge in [0.2, 0.25) is 0 Å². The van der Waals surface area contributed by atoms with Crippen molar-refractivity contribution in [1.82, 2.24) is 0 Å². The number of methoxy groups -OCH3 is 1. The summed E-state index contributed by atoms with van der Waals surface area (Å²) in [6.07, 6.45) is 1.45. The van der Waals surface area contributed by atoms with E-state index in [9.17, 15) is 10.1 Å². The number of hydrogen-bond donors (Lipinski definition) is 1. The second-order valence-electron chi connectivity index (χ2n) is 6.41. The summed E-state index contributed by atoms with van der Waals surface area (Å²) in [5.41, 5.74) is 1.73. The highest BCUT2D eigenvalue weighted by Gasteiger charge is 2.14. The zero-order valence-corrected chi connectivity index (χ0v) is 18.1. The van der Waals surface area contributed by atoms with Gasteiger partial charge in [0.15, 0.2) is 11.5 Å². The molecule has 0 aliphatic heterocycles. The molecule has 0 aliphatic carbocycles. The first-order valence-electron chi connectivity index (χ1n) is 9.23. The highest BCUT2D eigenvalue weighted by atomic mass is 35.5. The molecular weight excluding hydrogens is 435 g/mol. The van der Waals surface area contributed by atoms with E-state index in [-0.39, 0.29) is 21.3 Å². The Morgan fingerprint density at radius 3 is 2.39 bits per heavy atom. The van der Waals surface area contributed by atoms with Gasteiger partial charge in [0.1, 0.15) is 18.2 Å². The standard InChI is InChI=1S/C24H18Cl2N2O3/c1-30-21-11-10-17(13-22(21)31-15-16-6-3-2-4-7-16)12-18(14-27)24(29)28-23-19(25)8-5-9-20(23)26/h2-13H,15H2,1H3,(H,28,29)/b18-12+. The molecule has 0 atom stereocenters. The maximum atomic E-state index is 12.6. The lowest BCUT2D eigenvalue weighted by atomic mass is 10.1. The summed E-state index contributed by atoms with van der Waals surface area (Å²) in [7, 11) is 1.54. The number of carbonyl (C=O) groups excluding carboxylic acids is 1. The number of ether oxygens (including phenoxy) is 2. The Morgan fingerprint density at radius 1 is 1.03 bits per heavy atom. The van der Waals surface area contributed by atoms with Crippen molar-refractivity contribution in [2.75, 3.05) is 12.4 Å². The Labute approximate surface area is 190 Å². The normalized spacial score (nSPS) is 10.8. The summed E-state index contributed by atoms with van der Waals surface area (Å²) in [6.45, 7) is 0.348. The summed E-state index contributed by atoms with van der Waals surface area (Å²) < 4.78 is 11.2. The van der Waals surface area contributed by atoms with Crippen molar-refractivity contribution in [3.63, 3.8) is 0 Å². The van der Waals surface area contributed by atoms with Gasteiger partial charge in [0.05, 0.1) is 22.8 Å². The molecule has 0 saturated heterocycles. The number of carbonyl (C=O) groups is 1. The van der Waals surface area contributed by atoms with Crippen LogP contribution in [0, 0.1) is 11.3 Å². The Hall–Kier alpha value is -3.46. The molecular formula is C24H18Cl2N2O3. The van der Waals surface area contributed by atoms with E-state index in [2.05, 4.69) is 5.32 Å². The molecule has 0 unspecified atom stereocenters. The average molecular weight is 453 g/mol. The lowest BCUT2D eigenvalue weighted by Crippen LogP contribution is -2.14. The number of halogens is 2. The largest absolute Gasteiger partial charge is 0.493 e. The minimum atomic E-state index is -0.625. The smallest absolute Gasteiger partial charge is 0.266 e. The van der Waals surface area contributed by atoms with E-state index in [0.29, 0.717) is 23.7 Å². The highest BCUT2D eigenvalue weighted by molar-refractivity contribution is 6.40. The minimum absolute atomic E-state index is 0.116. The van der Waals surface area contributed by atoms with Crippen LogP contribution in [0.1, 0.15) is 11.1 Å². The quantitative estimate of drug-likeness (QED) is 0.345. The van der Waals surface area contributed by atoms with Gasteiger partial charge in [-0.1, -0.05) is 65.7 Å². The van der Waals surface area contributed by atoms with Crippen LogP contribution in [0.2, 0.25) is 10.0 Å². The molecule has 0 spiro atoms. The fourth-order valence-electron chi connectivity index (χ4n) is 2.74. The third kappa shape index (κ3) is 5.79. The highest BCUT2D eigenvalue weighted by Crippen LogP contribution is 2.31. The molecule has 0 heterocycles. The lowest BCUT2D eigenvalue weighted by Gasteiger charge is -2.12. The van der Waals surface area contributed by atoms with Crippen LogP contribution in [0.5, 0.6) is 11.5 Å². The molecule has 3 rings (SSSR count). The third-order valence-corrected chi connectivity index (χ3v) is 4.93. The van der Waals surface area contributed by atoms with E-state index in [1.165, 1.54) is 6.08 Å². The third-order valence-electron chi connectivity index (χ3n) is 4.30. The number of rotatable bonds is 7. The second-order valence-corrected chi connectivity index (χ2v) is 7.22. The summed E-state index contributed by atoms with van der Waals surface area (Å²) in [5.74, 6) is 0.408. The Bertz CT molecular complexity index is 1130. The fourth-order valence-corrected chi connectivity index (χ4v) is 3.24. The van der Waals surface area contributed by atoms with Gasteiger partial charge in [-0.3, -0.25) is 4.79 Å². The van der Waals surface area contributed by atoms with E-state index < -0.39 is 5.91 Å². The van der Waals surface area contributed by atoms with Crippen LogP contribution in [-0.4, -0.2) is 13.0 Å². The number of nitrogens with zero attached hydrogens (tertiary/aromatic N) is 1. The molecule has 31 heavy (non-hydrogen) atoms. The predicted octanol–water partition coefficient (Wildman–Crippen LogP) is 6.13. The molecule has 0 aromatic heterocycles. The van der Waals surface area contributed by atoms with E-state index in [1.54, 1.807) is 43.5 Å². The SMILES string of the molecule is COc1ccc(/C=C(\C#N)C(=O)Nc2c(Cl)cccc2Cl)cc1OCc1ccccc1. The van der Waals surface area contributed by atoms with Gasteiger partial charge in [-0.05, 0) is 41.5 Å². The lowest BCUT2D eigenvalue weighted by molar-refractivity contribution is -0.112. The maximum Gasteiger partial charge on any atom is 0.266 e. The van der Waals surface area contributed by atoms with Gasteiger partial charge >= 0.3 is 0 Å². The van der Waals surface area contributed by atoms with Crippen LogP contribution in [-0.2, 0) is 11.4 Å². The van der Waals surface area contributed by atoms with Crippen molar-refractivity contribution in [1.29, 1.82) is 5.26 Å². The van der Waals surface area contributed by atoms with E-state index >= 15 is 0 Å². The summed E-state index contributed by atoms with van der Waals surface area (Å²) in [5, 5.41) is 12.6. The van der Waals surface area contributed by atoms with Crippen LogP contribution in [0.15, 0.2) is 72.3 Å². The predicted molar refractivity (Wildman–Crippen MR) is 122 cm³/mol. The van der Waals surface area contributed by atoms with E-state index in [0.717, 1.165) is 5.56 Å². The van der Waals surface area contributed by atoms with Crippen LogP contribution in [0.4, 0.5) is 5.69 Å². The van der Waals surface area contributed by atoms with Crippen molar-refractivity contribution in [3.05, 3.63) is 93.5 Å². The van der Waals surface area contributed by atoms with Crippen LogP contribution >= 0.6 is 23.2 Å². The van der Waals surface area contributed by atoms with E-state index in [4.69, 9.17) is 32.7 Å². The summed E-state index contributed by atoms with van der Waals surface area (Å²) in [4.78, 5) is 12.6. The number of anilines is 1. The molecule has 1 N–H and O–H groups in total. The molecule has 0 bridgehead atoms. The Morgan fingerprint density at radius 2 is 1.74 bits per heavy atom. The van der Waals surface area contributed by atoms with Crippen LogP contribution in [0.3, 0.4) is 0 Å². The van der Waals surface area contributed by atoms with Crippen molar-refractivity contribution < 1.29 is 14.3 Å². The zero-order valence-electron chi connectivity index (χ0n) is 16.6. The number of nitrogens with one attached hydrogen (secondary N) is 1. The number of hydrogen-bond acceptors (Lipinski definition) is 4. The topological polar surface area (TPSA) is 71.3 Å². The summed E-state index contributed by atoms with van der Waals surface area (Å²) >= 11 is 12.2.